The van der Waals surface area contributed by atoms with Crippen LogP contribution in [0.15, 0.2) is 24.3 Å². The molecule has 0 spiro atoms. The van der Waals surface area contributed by atoms with E-state index in [1.165, 1.54) is 0 Å². The fourth-order valence-corrected chi connectivity index (χ4v) is 5.25. The van der Waals surface area contributed by atoms with Crippen LogP contribution in [0.2, 0.25) is 5.02 Å². The van der Waals surface area contributed by atoms with Crippen LogP contribution in [0.3, 0.4) is 0 Å². The van der Waals surface area contributed by atoms with E-state index in [2.05, 4.69) is 36.7 Å². The maximum Gasteiger partial charge on any atom is 0.0936 e. The molecule has 2 aliphatic heterocycles. The van der Waals surface area contributed by atoms with Gasteiger partial charge in [-0.3, -0.25) is 0 Å². The smallest absolute Gasteiger partial charge is 0.0936 e. The Kier molecular flexibility index (Phi) is 4.15. The van der Waals surface area contributed by atoms with E-state index in [1.54, 1.807) is 0 Å². The van der Waals surface area contributed by atoms with Crippen molar-refractivity contribution in [2.45, 2.75) is 62.4 Å². The third-order valence-electron chi connectivity index (χ3n) is 5.07. The van der Waals surface area contributed by atoms with Crippen LogP contribution < -0.4 is 0 Å². The molecule has 0 aromatic heterocycles. The molecule has 4 atom stereocenters. The number of fused-ring (bicyclic) bond motifs is 2. The highest BCUT2D eigenvalue weighted by molar-refractivity contribution is 9.09. The van der Waals surface area contributed by atoms with Gasteiger partial charge in [-0.05, 0) is 37.0 Å². The lowest BCUT2D eigenvalue weighted by molar-refractivity contribution is -0.0955. The van der Waals surface area contributed by atoms with Gasteiger partial charge in [0.2, 0.25) is 0 Å². The van der Waals surface area contributed by atoms with Crippen LogP contribution >= 0.6 is 27.5 Å². The Morgan fingerprint density at radius 1 is 1.33 bits per heavy atom. The normalized spacial score (nSPS) is 38.4. The van der Waals surface area contributed by atoms with Crippen molar-refractivity contribution in [2.75, 3.05) is 0 Å². The van der Waals surface area contributed by atoms with Gasteiger partial charge in [0.05, 0.1) is 23.9 Å². The van der Waals surface area contributed by atoms with E-state index in [-0.39, 0.29) is 17.3 Å². The molecule has 3 rings (SSSR count). The summed E-state index contributed by atoms with van der Waals surface area (Å²) in [4.78, 5) is 0.422. The molecule has 1 aromatic rings. The fourth-order valence-electron chi connectivity index (χ4n) is 3.67. The zero-order valence-corrected chi connectivity index (χ0v) is 15.1. The molecule has 0 saturated carbocycles. The number of rotatable bonds is 4. The largest absolute Gasteiger partial charge is 0.370 e. The Morgan fingerprint density at radius 2 is 2.00 bits per heavy atom. The van der Waals surface area contributed by atoms with E-state index in [0.717, 1.165) is 23.4 Å². The molecular formula is C17H22BrClO2. The molecule has 4 unspecified atom stereocenters. The third-order valence-corrected chi connectivity index (χ3v) is 6.42. The van der Waals surface area contributed by atoms with E-state index < -0.39 is 0 Å². The van der Waals surface area contributed by atoms with Gasteiger partial charge in [0.25, 0.3) is 0 Å². The average molecular weight is 374 g/mol. The van der Waals surface area contributed by atoms with E-state index in [1.807, 2.05) is 24.3 Å². The lowest BCUT2D eigenvalue weighted by Gasteiger charge is -2.35. The molecule has 4 heteroatoms. The third kappa shape index (κ3) is 2.67. The van der Waals surface area contributed by atoms with E-state index >= 15 is 0 Å². The van der Waals surface area contributed by atoms with Gasteiger partial charge in [0.1, 0.15) is 0 Å². The number of ether oxygens (including phenoxy) is 2. The second kappa shape index (κ2) is 5.52. The maximum atomic E-state index is 6.45. The minimum absolute atomic E-state index is 0.0839. The molecule has 2 nitrogen and oxygen atoms in total. The molecule has 2 bridgehead atoms. The van der Waals surface area contributed by atoms with Crippen LogP contribution in [-0.2, 0) is 16.1 Å². The average Bonchev–Trinajstić information content (AvgIpc) is 2.86. The number of alkyl halides is 1. The number of halogens is 2. The van der Waals surface area contributed by atoms with Gasteiger partial charge >= 0.3 is 0 Å². The molecule has 0 N–H and O–H groups in total. The molecular weight excluding hydrogens is 352 g/mol. The molecule has 0 radical (unpaired) electrons. The van der Waals surface area contributed by atoms with Crippen LogP contribution in [-0.4, -0.2) is 22.1 Å². The van der Waals surface area contributed by atoms with Gasteiger partial charge in [-0.25, -0.2) is 0 Å². The monoisotopic (exact) mass is 372 g/mol. The standard InChI is InChI=1S/C17H22BrClO2/c1-11(2)17-9-15(16(3,21-17)8-14(17)18)20-10-12-4-6-13(19)7-5-12/h4-7,11,14-15H,8-10H2,1-3H3. The highest BCUT2D eigenvalue weighted by atomic mass is 79.9. The van der Waals surface area contributed by atoms with Gasteiger partial charge in [0, 0.05) is 16.3 Å². The van der Waals surface area contributed by atoms with Crippen LogP contribution in [0, 0.1) is 5.92 Å². The van der Waals surface area contributed by atoms with Crippen molar-refractivity contribution in [1.29, 1.82) is 0 Å². The summed E-state index contributed by atoms with van der Waals surface area (Å²) < 4.78 is 12.6. The van der Waals surface area contributed by atoms with Crippen molar-refractivity contribution < 1.29 is 9.47 Å². The van der Waals surface area contributed by atoms with Crippen molar-refractivity contribution in [1.82, 2.24) is 0 Å². The van der Waals surface area contributed by atoms with Crippen molar-refractivity contribution in [3.63, 3.8) is 0 Å². The fraction of sp³-hybridized carbons (Fsp3) is 0.647. The second-order valence-electron chi connectivity index (χ2n) is 6.83. The van der Waals surface area contributed by atoms with Gasteiger partial charge in [-0.15, -0.1) is 0 Å². The van der Waals surface area contributed by atoms with E-state index in [9.17, 15) is 0 Å². The highest BCUT2D eigenvalue weighted by Crippen LogP contribution is 2.57. The molecule has 2 saturated heterocycles. The van der Waals surface area contributed by atoms with E-state index in [0.29, 0.717) is 17.4 Å². The molecule has 2 fully saturated rings. The lowest BCUT2D eigenvalue weighted by Crippen LogP contribution is -2.44. The van der Waals surface area contributed by atoms with Crippen LogP contribution in [0.5, 0.6) is 0 Å². The Bertz CT molecular complexity index is 518. The minimum atomic E-state index is -0.176. The Labute approximate surface area is 140 Å². The SMILES string of the molecule is CC(C)C12CC(OCc3ccc(Cl)cc3)C(C)(CC1Br)O2. The van der Waals surface area contributed by atoms with Gasteiger partial charge in [-0.2, -0.15) is 0 Å². The van der Waals surface area contributed by atoms with Crippen molar-refractivity contribution in [3.8, 4) is 0 Å². The Hall–Kier alpha value is -0.0900. The first kappa shape index (κ1) is 15.8. The summed E-state index contributed by atoms with van der Waals surface area (Å²) in [5, 5.41) is 0.759. The summed E-state index contributed by atoms with van der Waals surface area (Å²) in [6.45, 7) is 7.27. The second-order valence-corrected chi connectivity index (χ2v) is 8.37. The minimum Gasteiger partial charge on any atom is -0.370 e. The van der Waals surface area contributed by atoms with Crippen molar-refractivity contribution in [3.05, 3.63) is 34.9 Å². The van der Waals surface area contributed by atoms with Crippen molar-refractivity contribution >= 4 is 27.5 Å². The Morgan fingerprint density at radius 3 is 2.57 bits per heavy atom. The summed E-state index contributed by atoms with van der Waals surface area (Å²) in [5.41, 5.74) is 0.893. The van der Waals surface area contributed by atoms with Crippen LogP contribution in [0.4, 0.5) is 0 Å². The summed E-state index contributed by atoms with van der Waals surface area (Å²) >= 11 is 9.74. The molecule has 0 amide bonds. The first-order valence-electron chi connectivity index (χ1n) is 7.56. The highest BCUT2D eigenvalue weighted by Gasteiger charge is 2.65. The topological polar surface area (TPSA) is 18.5 Å². The van der Waals surface area contributed by atoms with Gasteiger partial charge in [-0.1, -0.05) is 53.5 Å². The quantitative estimate of drug-likeness (QED) is 0.694. The Balaban J connectivity index is 1.69. The summed E-state index contributed by atoms with van der Waals surface area (Å²) in [5.74, 6) is 0.479. The molecule has 0 aliphatic carbocycles. The molecule has 21 heavy (non-hydrogen) atoms. The summed E-state index contributed by atoms with van der Waals surface area (Å²) in [6, 6.07) is 7.85. The number of benzene rings is 1. The lowest BCUT2D eigenvalue weighted by atomic mass is 9.75. The van der Waals surface area contributed by atoms with Crippen LogP contribution in [0.25, 0.3) is 0 Å². The first-order valence-corrected chi connectivity index (χ1v) is 8.85. The van der Waals surface area contributed by atoms with Gasteiger partial charge < -0.3 is 9.47 Å². The number of hydrogen-bond donors (Lipinski definition) is 0. The summed E-state index contributed by atoms with van der Waals surface area (Å²) in [6.07, 6.45) is 2.13. The van der Waals surface area contributed by atoms with Crippen LogP contribution in [0.1, 0.15) is 39.2 Å². The zero-order chi connectivity index (χ0) is 15.3. The molecule has 116 valence electrons. The summed E-state index contributed by atoms with van der Waals surface area (Å²) in [7, 11) is 0. The number of hydrogen-bond acceptors (Lipinski definition) is 2. The zero-order valence-electron chi connectivity index (χ0n) is 12.7. The molecule has 2 aliphatic rings. The predicted molar refractivity (Wildman–Crippen MR) is 89.0 cm³/mol. The predicted octanol–water partition coefficient (Wildman–Crippen LogP) is 4.97. The van der Waals surface area contributed by atoms with Crippen molar-refractivity contribution in [2.24, 2.45) is 5.92 Å². The first-order chi connectivity index (χ1) is 9.86. The van der Waals surface area contributed by atoms with E-state index in [4.69, 9.17) is 21.1 Å². The maximum absolute atomic E-state index is 6.45. The molecule has 2 heterocycles. The van der Waals surface area contributed by atoms with Gasteiger partial charge in [0.15, 0.2) is 0 Å². The molecule has 1 aromatic carbocycles.